The highest BCUT2D eigenvalue weighted by Crippen LogP contribution is 2.17. The lowest BCUT2D eigenvalue weighted by molar-refractivity contribution is -0.118. The van der Waals surface area contributed by atoms with Crippen molar-refractivity contribution in [3.8, 4) is 5.75 Å². The lowest BCUT2D eigenvalue weighted by Gasteiger charge is -2.05. The molecule has 0 heterocycles. The maximum atomic E-state index is 13.3. The van der Waals surface area contributed by atoms with Gasteiger partial charge in [0.15, 0.2) is 11.6 Å². The van der Waals surface area contributed by atoms with Crippen molar-refractivity contribution in [2.75, 3.05) is 13.4 Å². The molecule has 1 aromatic rings. The molecule has 17 heavy (non-hydrogen) atoms. The van der Waals surface area contributed by atoms with Crippen LogP contribution in [0.15, 0.2) is 18.2 Å². The monoisotopic (exact) mass is 261 g/mol. The molecule has 0 bridgehead atoms. The summed E-state index contributed by atoms with van der Waals surface area (Å²) in [7, 11) is -2.26. The van der Waals surface area contributed by atoms with E-state index in [-0.39, 0.29) is 12.2 Å². The first-order chi connectivity index (χ1) is 7.81. The van der Waals surface area contributed by atoms with Crippen LogP contribution in [0.2, 0.25) is 0 Å². The fourth-order valence-electron chi connectivity index (χ4n) is 1.25. The third-order valence-electron chi connectivity index (χ3n) is 1.88. The first-order valence-electron chi connectivity index (χ1n) is 4.65. The van der Waals surface area contributed by atoms with E-state index < -0.39 is 21.7 Å². The standard InChI is InChI=1S/C10H12FNO4S/c1-16-9-4-3-7(5-8(9)11)6-10(13)12-17(2,14)15/h3-5H,6H2,1-2H3,(H,12,13). The molecule has 1 rings (SSSR count). The summed E-state index contributed by atoms with van der Waals surface area (Å²) in [5, 5.41) is 0. The van der Waals surface area contributed by atoms with Crippen LogP contribution < -0.4 is 9.46 Å². The van der Waals surface area contributed by atoms with Crippen LogP contribution in [0.3, 0.4) is 0 Å². The molecule has 1 aromatic carbocycles. The first kappa shape index (κ1) is 13.4. The predicted molar refractivity (Wildman–Crippen MR) is 59.6 cm³/mol. The molecular weight excluding hydrogens is 249 g/mol. The predicted octanol–water partition coefficient (Wildman–Crippen LogP) is 0.453. The third kappa shape index (κ3) is 4.39. The summed E-state index contributed by atoms with van der Waals surface area (Å²) in [6, 6.07) is 3.99. The summed E-state index contributed by atoms with van der Waals surface area (Å²) in [6.07, 6.45) is 0.660. The first-order valence-corrected chi connectivity index (χ1v) is 6.54. The van der Waals surface area contributed by atoms with E-state index in [4.69, 9.17) is 4.74 Å². The van der Waals surface area contributed by atoms with Crippen LogP contribution in [-0.4, -0.2) is 27.7 Å². The maximum Gasteiger partial charge on any atom is 0.237 e. The van der Waals surface area contributed by atoms with Crippen molar-refractivity contribution < 1.29 is 22.3 Å². The van der Waals surface area contributed by atoms with Crippen LogP contribution in [-0.2, 0) is 21.2 Å². The summed E-state index contributed by atoms with van der Waals surface area (Å²) in [5.74, 6) is -1.24. The van der Waals surface area contributed by atoms with Crippen molar-refractivity contribution in [2.45, 2.75) is 6.42 Å². The number of benzene rings is 1. The second kappa shape index (κ2) is 5.13. The number of nitrogens with one attached hydrogen (secondary N) is 1. The van der Waals surface area contributed by atoms with E-state index in [9.17, 15) is 17.6 Å². The highest BCUT2D eigenvalue weighted by atomic mass is 32.2. The number of rotatable bonds is 4. The Balaban J connectivity index is 2.76. The fourth-order valence-corrected chi connectivity index (χ4v) is 1.73. The second-order valence-corrected chi connectivity index (χ2v) is 5.19. The van der Waals surface area contributed by atoms with Crippen LogP contribution in [0.25, 0.3) is 0 Å². The minimum atomic E-state index is -3.58. The zero-order chi connectivity index (χ0) is 13.1. The highest BCUT2D eigenvalue weighted by Gasteiger charge is 2.11. The Morgan fingerprint density at radius 3 is 2.59 bits per heavy atom. The third-order valence-corrected chi connectivity index (χ3v) is 2.48. The van der Waals surface area contributed by atoms with E-state index in [0.29, 0.717) is 5.56 Å². The quantitative estimate of drug-likeness (QED) is 0.854. The summed E-state index contributed by atoms with van der Waals surface area (Å²) in [4.78, 5) is 11.2. The van der Waals surface area contributed by atoms with Gasteiger partial charge < -0.3 is 4.74 Å². The molecule has 0 atom stereocenters. The lowest BCUT2D eigenvalue weighted by Crippen LogP contribution is -2.30. The topological polar surface area (TPSA) is 72.5 Å². The summed E-state index contributed by atoms with van der Waals surface area (Å²) in [5.41, 5.74) is 0.365. The van der Waals surface area contributed by atoms with Crippen molar-refractivity contribution in [3.63, 3.8) is 0 Å². The summed E-state index contributed by atoms with van der Waals surface area (Å²) < 4.78 is 41.3. The number of sulfonamides is 1. The van der Waals surface area contributed by atoms with Crippen LogP contribution in [0.4, 0.5) is 4.39 Å². The molecule has 0 unspecified atom stereocenters. The molecule has 0 saturated heterocycles. The smallest absolute Gasteiger partial charge is 0.237 e. The van der Waals surface area contributed by atoms with E-state index in [1.165, 1.54) is 19.2 Å². The normalized spacial score (nSPS) is 11.0. The molecule has 0 aliphatic heterocycles. The number of hydrogen-bond donors (Lipinski definition) is 1. The average Bonchev–Trinajstić information content (AvgIpc) is 2.14. The molecule has 1 amide bonds. The number of carbonyl (C=O) groups is 1. The Morgan fingerprint density at radius 2 is 2.12 bits per heavy atom. The number of methoxy groups -OCH3 is 1. The van der Waals surface area contributed by atoms with Gasteiger partial charge in [0.1, 0.15) is 0 Å². The van der Waals surface area contributed by atoms with Crippen molar-refractivity contribution in [1.29, 1.82) is 0 Å². The SMILES string of the molecule is COc1ccc(CC(=O)NS(C)(=O)=O)cc1F. The minimum absolute atomic E-state index is 0.0669. The molecule has 0 saturated carbocycles. The van der Waals surface area contributed by atoms with E-state index >= 15 is 0 Å². The largest absolute Gasteiger partial charge is 0.494 e. The van der Waals surface area contributed by atoms with Crippen molar-refractivity contribution in [1.82, 2.24) is 4.72 Å². The molecule has 0 fully saturated rings. The highest BCUT2D eigenvalue weighted by molar-refractivity contribution is 7.89. The Hall–Kier alpha value is -1.63. The maximum absolute atomic E-state index is 13.3. The van der Waals surface area contributed by atoms with Gasteiger partial charge in [-0.05, 0) is 17.7 Å². The lowest BCUT2D eigenvalue weighted by atomic mass is 10.1. The number of ether oxygens (including phenoxy) is 1. The number of carbonyl (C=O) groups excluding carboxylic acids is 1. The van der Waals surface area contributed by atoms with Crippen LogP contribution in [0.1, 0.15) is 5.56 Å². The van der Waals surface area contributed by atoms with E-state index in [1.807, 2.05) is 0 Å². The average molecular weight is 261 g/mol. The molecule has 0 aliphatic rings. The van der Waals surface area contributed by atoms with Crippen molar-refractivity contribution in [3.05, 3.63) is 29.6 Å². The van der Waals surface area contributed by atoms with Gasteiger partial charge in [-0.1, -0.05) is 6.07 Å². The molecule has 0 aliphatic carbocycles. The summed E-state index contributed by atoms with van der Waals surface area (Å²) >= 11 is 0. The van der Waals surface area contributed by atoms with Gasteiger partial charge in [-0.15, -0.1) is 0 Å². The zero-order valence-corrected chi connectivity index (χ0v) is 10.2. The number of hydrogen-bond acceptors (Lipinski definition) is 4. The Bertz CT molecular complexity index is 527. The Kier molecular flexibility index (Phi) is 4.06. The van der Waals surface area contributed by atoms with E-state index in [0.717, 1.165) is 12.3 Å². The fraction of sp³-hybridized carbons (Fsp3) is 0.300. The van der Waals surface area contributed by atoms with E-state index in [2.05, 4.69) is 0 Å². The van der Waals surface area contributed by atoms with Gasteiger partial charge in [-0.3, -0.25) is 9.52 Å². The van der Waals surface area contributed by atoms with Crippen LogP contribution in [0.5, 0.6) is 5.75 Å². The van der Waals surface area contributed by atoms with Crippen LogP contribution >= 0.6 is 0 Å². The molecule has 0 aromatic heterocycles. The molecule has 0 spiro atoms. The molecule has 7 heteroatoms. The van der Waals surface area contributed by atoms with Gasteiger partial charge in [-0.25, -0.2) is 12.8 Å². The van der Waals surface area contributed by atoms with Gasteiger partial charge >= 0.3 is 0 Å². The number of amides is 1. The zero-order valence-electron chi connectivity index (χ0n) is 9.36. The van der Waals surface area contributed by atoms with Gasteiger partial charge in [-0.2, -0.15) is 0 Å². The molecule has 5 nitrogen and oxygen atoms in total. The second-order valence-electron chi connectivity index (χ2n) is 3.44. The van der Waals surface area contributed by atoms with Gasteiger partial charge in [0, 0.05) is 0 Å². The number of halogens is 1. The Morgan fingerprint density at radius 1 is 1.47 bits per heavy atom. The summed E-state index contributed by atoms with van der Waals surface area (Å²) in [6.45, 7) is 0. The molecule has 94 valence electrons. The molecule has 0 radical (unpaired) electrons. The van der Waals surface area contributed by atoms with Crippen molar-refractivity contribution >= 4 is 15.9 Å². The minimum Gasteiger partial charge on any atom is -0.494 e. The van der Waals surface area contributed by atoms with Crippen molar-refractivity contribution in [2.24, 2.45) is 0 Å². The van der Waals surface area contributed by atoms with Crippen LogP contribution in [0, 0.1) is 5.82 Å². The van der Waals surface area contributed by atoms with Gasteiger partial charge in [0.05, 0.1) is 19.8 Å². The van der Waals surface area contributed by atoms with Gasteiger partial charge in [0.2, 0.25) is 15.9 Å². The van der Waals surface area contributed by atoms with E-state index in [1.54, 1.807) is 4.72 Å². The molecule has 1 N–H and O–H groups in total. The van der Waals surface area contributed by atoms with Gasteiger partial charge in [0.25, 0.3) is 0 Å². The molecular formula is C10H12FNO4S. The Labute approximate surface area is 98.6 Å².